The van der Waals surface area contributed by atoms with Crippen LogP contribution in [0, 0.1) is 6.92 Å². The maximum absolute atomic E-state index is 12.3. The van der Waals surface area contributed by atoms with E-state index in [-0.39, 0.29) is 4.90 Å². The van der Waals surface area contributed by atoms with Gasteiger partial charge in [0, 0.05) is 18.4 Å². The Labute approximate surface area is 129 Å². The third-order valence-corrected chi connectivity index (χ3v) is 4.62. The van der Waals surface area contributed by atoms with Gasteiger partial charge in [-0.25, -0.2) is 8.42 Å². The molecule has 114 valence electrons. The number of anilines is 1. The molecular weight excluding hydrogens is 310 g/mol. The normalized spacial score (nSPS) is 11.6. The highest BCUT2D eigenvalue weighted by molar-refractivity contribution is 7.92. The predicted molar refractivity (Wildman–Crippen MR) is 85.2 cm³/mol. The van der Waals surface area contributed by atoms with Crippen LogP contribution in [0.2, 0.25) is 5.02 Å². The summed E-state index contributed by atoms with van der Waals surface area (Å²) < 4.78 is 27.1. The molecule has 1 aromatic carbocycles. The molecule has 5 nitrogen and oxygen atoms in total. The smallest absolute Gasteiger partial charge is 0.263 e. The van der Waals surface area contributed by atoms with Gasteiger partial charge in [0.15, 0.2) is 0 Å². The second-order valence-corrected chi connectivity index (χ2v) is 6.82. The molecule has 1 aromatic heterocycles. The molecule has 0 aliphatic carbocycles. The van der Waals surface area contributed by atoms with Crippen LogP contribution >= 0.6 is 11.6 Å². The van der Waals surface area contributed by atoms with Gasteiger partial charge in [0.05, 0.1) is 10.7 Å². The molecule has 0 unspecified atom stereocenters. The van der Waals surface area contributed by atoms with Crippen LogP contribution in [-0.4, -0.2) is 19.9 Å². The zero-order valence-corrected chi connectivity index (χ0v) is 13.5. The molecule has 0 saturated heterocycles. The van der Waals surface area contributed by atoms with Crippen molar-refractivity contribution in [2.75, 3.05) is 11.3 Å². The summed E-state index contributed by atoms with van der Waals surface area (Å²) in [6, 6.07) is 6.78. The highest BCUT2D eigenvalue weighted by Gasteiger charge is 2.17. The lowest BCUT2D eigenvalue weighted by Gasteiger charge is -2.08. The van der Waals surface area contributed by atoms with E-state index >= 15 is 0 Å². The summed E-state index contributed by atoms with van der Waals surface area (Å²) in [6.45, 7) is 5.29. The van der Waals surface area contributed by atoms with E-state index in [0.717, 1.165) is 17.8 Å². The molecule has 2 aromatic rings. The van der Waals surface area contributed by atoms with Gasteiger partial charge in [0.2, 0.25) is 0 Å². The number of aryl methyl sites for hydroxylation is 1. The standard InChI is InChI=1S/C14H18ClN3O2S/c1-3-16-8-11-7-12(9-17-11)21(19,20)18-14-5-4-10(2)6-13(14)15/h4-7,9,16-18H,3,8H2,1-2H3. The molecule has 3 N–H and O–H groups in total. The molecule has 0 aliphatic heterocycles. The summed E-state index contributed by atoms with van der Waals surface area (Å²) in [7, 11) is -3.65. The van der Waals surface area contributed by atoms with Gasteiger partial charge in [-0.1, -0.05) is 24.6 Å². The molecule has 0 fully saturated rings. The van der Waals surface area contributed by atoms with Crippen molar-refractivity contribution in [2.45, 2.75) is 25.3 Å². The average Bonchev–Trinajstić information content (AvgIpc) is 2.89. The van der Waals surface area contributed by atoms with Crippen LogP contribution in [0.1, 0.15) is 18.2 Å². The first kappa shape index (κ1) is 15.9. The molecule has 0 radical (unpaired) electrons. The lowest BCUT2D eigenvalue weighted by molar-refractivity contribution is 0.601. The largest absolute Gasteiger partial charge is 0.363 e. The second kappa shape index (κ2) is 6.51. The number of sulfonamides is 1. The third kappa shape index (κ3) is 4.00. The molecule has 0 saturated carbocycles. The summed E-state index contributed by atoms with van der Waals surface area (Å²) in [4.78, 5) is 3.13. The number of halogens is 1. The van der Waals surface area contributed by atoms with Crippen LogP contribution in [0.25, 0.3) is 0 Å². The summed E-state index contributed by atoms with van der Waals surface area (Å²) in [5.41, 5.74) is 2.15. The number of hydrogen-bond donors (Lipinski definition) is 3. The van der Waals surface area contributed by atoms with E-state index in [1.165, 1.54) is 6.20 Å². The van der Waals surface area contributed by atoms with Gasteiger partial charge in [-0.15, -0.1) is 0 Å². The van der Waals surface area contributed by atoms with Crippen molar-refractivity contribution in [1.29, 1.82) is 0 Å². The van der Waals surface area contributed by atoms with Crippen molar-refractivity contribution in [3.63, 3.8) is 0 Å². The lowest BCUT2D eigenvalue weighted by atomic mass is 10.2. The highest BCUT2D eigenvalue weighted by Crippen LogP contribution is 2.25. The summed E-state index contributed by atoms with van der Waals surface area (Å²) in [5.74, 6) is 0. The number of rotatable bonds is 6. The maximum Gasteiger partial charge on any atom is 0.263 e. The van der Waals surface area contributed by atoms with Gasteiger partial charge in [-0.3, -0.25) is 4.72 Å². The lowest BCUT2D eigenvalue weighted by Crippen LogP contribution is -2.13. The molecule has 0 bridgehead atoms. The van der Waals surface area contributed by atoms with Gasteiger partial charge in [0.1, 0.15) is 4.90 Å². The Balaban J connectivity index is 2.19. The number of hydrogen-bond acceptors (Lipinski definition) is 3. The van der Waals surface area contributed by atoms with Crippen molar-refractivity contribution in [3.05, 3.63) is 46.7 Å². The van der Waals surface area contributed by atoms with Crippen molar-refractivity contribution < 1.29 is 8.42 Å². The Hall–Kier alpha value is -1.50. The number of nitrogens with one attached hydrogen (secondary N) is 3. The zero-order chi connectivity index (χ0) is 15.5. The predicted octanol–water partition coefficient (Wildman–Crippen LogP) is 2.89. The van der Waals surface area contributed by atoms with Crippen LogP contribution < -0.4 is 10.0 Å². The Morgan fingerprint density at radius 3 is 2.71 bits per heavy atom. The Bertz CT molecular complexity index is 726. The van der Waals surface area contributed by atoms with E-state index < -0.39 is 10.0 Å². The molecule has 7 heteroatoms. The van der Waals surface area contributed by atoms with Crippen molar-refractivity contribution in [1.82, 2.24) is 10.3 Å². The highest BCUT2D eigenvalue weighted by atomic mass is 35.5. The summed E-state index contributed by atoms with van der Waals surface area (Å²) in [5, 5.41) is 3.50. The Morgan fingerprint density at radius 2 is 2.05 bits per heavy atom. The minimum atomic E-state index is -3.65. The van der Waals surface area contributed by atoms with Crippen LogP contribution in [0.5, 0.6) is 0 Å². The van der Waals surface area contributed by atoms with E-state index in [1.807, 2.05) is 13.8 Å². The van der Waals surface area contributed by atoms with Crippen LogP contribution in [0.15, 0.2) is 35.4 Å². The van der Waals surface area contributed by atoms with Gasteiger partial charge in [-0.2, -0.15) is 0 Å². The number of benzene rings is 1. The van der Waals surface area contributed by atoms with Crippen molar-refractivity contribution >= 4 is 27.3 Å². The fourth-order valence-corrected chi connectivity index (χ4v) is 3.28. The van der Waals surface area contributed by atoms with E-state index in [4.69, 9.17) is 11.6 Å². The fourth-order valence-electron chi connectivity index (χ4n) is 1.84. The minimum Gasteiger partial charge on any atom is -0.363 e. The molecule has 2 rings (SSSR count). The topological polar surface area (TPSA) is 74.0 Å². The van der Waals surface area contributed by atoms with E-state index in [9.17, 15) is 8.42 Å². The fraction of sp³-hybridized carbons (Fsp3) is 0.286. The molecule has 0 amide bonds. The zero-order valence-electron chi connectivity index (χ0n) is 11.9. The molecule has 1 heterocycles. The number of aromatic nitrogens is 1. The maximum atomic E-state index is 12.3. The summed E-state index contributed by atoms with van der Waals surface area (Å²) >= 11 is 6.05. The van der Waals surface area contributed by atoms with E-state index in [1.54, 1.807) is 24.3 Å². The SMILES string of the molecule is CCNCc1cc(S(=O)(=O)Nc2ccc(C)cc2Cl)c[nH]1. The van der Waals surface area contributed by atoms with Gasteiger partial charge in [-0.05, 0) is 37.2 Å². The first-order chi connectivity index (χ1) is 9.92. The quantitative estimate of drug-likeness (QED) is 0.763. The van der Waals surface area contributed by atoms with Crippen molar-refractivity contribution in [3.8, 4) is 0 Å². The van der Waals surface area contributed by atoms with Gasteiger partial charge < -0.3 is 10.3 Å². The minimum absolute atomic E-state index is 0.187. The van der Waals surface area contributed by atoms with E-state index in [2.05, 4.69) is 15.0 Å². The van der Waals surface area contributed by atoms with E-state index in [0.29, 0.717) is 17.3 Å². The van der Waals surface area contributed by atoms with Gasteiger partial charge in [0.25, 0.3) is 10.0 Å². The van der Waals surface area contributed by atoms with Crippen molar-refractivity contribution in [2.24, 2.45) is 0 Å². The number of H-pyrrole nitrogens is 1. The molecule has 0 spiro atoms. The molecule has 21 heavy (non-hydrogen) atoms. The molecule has 0 aliphatic rings. The number of aromatic amines is 1. The van der Waals surface area contributed by atoms with Crippen LogP contribution in [0.4, 0.5) is 5.69 Å². The third-order valence-electron chi connectivity index (χ3n) is 2.96. The molecule has 0 atom stereocenters. The van der Waals surface area contributed by atoms with Crippen LogP contribution in [0.3, 0.4) is 0 Å². The summed E-state index contributed by atoms with van der Waals surface area (Å²) in [6.07, 6.45) is 1.47. The van der Waals surface area contributed by atoms with Crippen LogP contribution in [-0.2, 0) is 16.6 Å². The first-order valence-corrected chi connectivity index (χ1v) is 8.45. The Kier molecular flexibility index (Phi) is 4.92. The van der Waals surface area contributed by atoms with Gasteiger partial charge >= 0.3 is 0 Å². The monoisotopic (exact) mass is 327 g/mol. The first-order valence-electron chi connectivity index (χ1n) is 6.59. The molecular formula is C14H18ClN3O2S. The Morgan fingerprint density at radius 1 is 1.29 bits per heavy atom. The second-order valence-electron chi connectivity index (χ2n) is 4.73. The average molecular weight is 328 g/mol.